The molecule has 7 rings (SSSR count). The van der Waals surface area contributed by atoms with Crippen molar-refractivity contribution in [1.29, 1.82) is 0 Å². The highest BCUT2D eigenvalue weighted by molar-refractivity contribution is 5.85. The van der Waals surface area contributed by atoms with Gasteiger partial charge >= 0.3 is 0 Å². The maximum Gasteiger partial charge on any atom is 0.159 e. The SMILES string of the molecule is CC1(C)c2ccccc2-c2cc(-c3cccc(-c4cccc(-c5ccnc(-c6ccccc6)n5)c4)c3)ccc21. The van der Waals surface area contributed by atoms with Crippen LogP contribution < -0.4 is 0 Å². The predicted octanol–water partition coefficient (Wildman–Crippen LogP) is 9.45. The van der Waals surface area contributed by atoms with Crippen LogP contribution in [0.4, 0.5) is 0 Å². The first-order valence-corrected chi connectivity index (χ1v) is 13.4. The Bertz CT molecular complexity index is 1830. The summed E-state index contributed by atoms with van der Waals surface area (Å²) in [7, 11) is 0. The first-order chi connectivity index (χ1) is 19.1. The van der Waals surface area contributed by atoms with Gasteiger partial charge in [0, 0.05) is 22.7 Å². The van der Waals surface area contributed by atoms with Crippen LogP contribution in [0.2, 0.25) is 0 Å². The van der Waals surface area contributed by atoms with Crippen LogP contribution in [-0.2, 0) is 5.41 Å². The number of benzene rings is 5. The van der Waals surface area contributed by atoms with Crippen molar-refractivity contribution in [2.75, 3.05) is 0 Å². The van der Waals surface area contributed by atoms with Crippen molar-refractivity contribution in [3.63, 3.8) is 0 Å². The molecule has 0 unspecified atom stereocenters. The van der Waals surface area contributed by atoms with Gasteiger partial charge in [0.15, 0.2) is 5.82 Å². The van der Waals surface area contributed by atoms with Gasteiger partial charge < -0.3 is 0 Å². The second-order valence-electron chi connectivity index (χ2n) is 10.7. The fourth-order valence-electron chi connectivity index (χ4n) is 5.88. The molecule has 0 radical (unpaired) electrons. The van der Waals surface area contributed by atoms with Crippen LogP contribution in [0.5, 0.6) is 0 Å². The molecule has 186 valence electrons. The summed E-state index contributed by atoms with van der Waals surface area (Å²) in [6, 6.07) is 45.3. The number of hydrogen-bond acceptors (Lipinski definition) is 2. The molecule has 39 heavy (non-hydrogen) atoms. The maximum atomic E-state index is 4.87. The summed E-state index contributed by atoms with van der Waals surface area (Å²) in [5.41, 5.74) is 13.3. The first kappa shape index (κ1) is 23.3. The standard InChI is InChI=1S/C37H28N2/c1-37(2)33-17-7-6-16-31(33)32-24-29(18-19-34(32)37)27-13-8-12-26(22-27)28-14-9-15-30(23-28)35-20-21-38-36(39-35)25-10-4-3-5-11-25/h3-24H,1-2H3. The minimum Gasteiger partial charge on any atom is -0.237 e. The number of hydrogen-bond donors (Lipinski definition) is 0. The molecule has 0 atom stereocenters. The fraction of sp³-hybridized carbons (Fsp3) is 0.0811. The third-order valence-corrected chi connectivity index (χ3v) is 7.96. The average Bonchev–Trinajstić information content (AvgIpc) is 3.24. The van der Waals surface area contributed by atoms with E-state index < -0.39 is 0 Å². The molecule has 0 saturated carbocycles. The lowest BCUT2D eigenvalue weighted by atomic mass is 9.82. The van der Waals surface area contributed by atoms with Crippen molar-refractivity contribution >= 4 is 0 Å². The Hall–Kier alpha value is -4.82. The second kappa shape index (κ2) is 9.18. The van der Waals surface area contributed by atoms with Gasteiger partial charge in [0.2, 0.25) is 0 Å². The molecule has 0 fully saturated rings. The largest absolute Gasteiger partial charge is 0.237 e. The molecule has 0 amide bonds. The number of nitrogens with zero attached hydrogens (tertiary/aromatic N) is 2. The molecule has 0 bridgehead atoms. The van der Waals surface area contributed by atoms with Crippen molar-refractivity contribution in [2.24, 2.45) is 0 Å². The van der Waals surface area contributed by atoms with Crippen LogP contribution in [0, 0.1) is 0 Å². The van der Waals surface area contributed by atoms with Gasteiger partial charge in [-0.2, -0.15) is 0 Å². The molecular formula is C37H28N2. The van der Waals surface area contributed by atoms with Gasteiger partial charge in [-0.3, -0.25) is 0 Å². The summed E-state index contributed by atoms with van der Waals surface area (Å²) in [4.78, 5) is 9.36. The molecule has 2 nitrogen and oxygen atoms in total. The van der Waals surface area contributed by atoms with E-state index in [1.165, 1.54) is 44.5 Å². The van der Waals surface area contributed by atoms with Gasteiger partial charge in [-0.15, -0.1) is 0 Å². The normalized spacial score (nSPS) is 13.1. The van der Waals surface area contributed by atoms with Crippen molar-refractivity contribution in [3.8, 4) is 56.0 Å². The Morgan fingerprint density at radius 2 is 1.05 bits per heavy atom. The smallest absolute Gasteiger partial charge is 0.159 e. The molecule has 0 N–H and O–H groups in total. The lowest BCUT2D eigenvalue weighted by Gasteiger charge is -2.21. The van der Waals surface area contributed by atoms with Crippen LogP contribution in [0.1, 0.15) is 25.0 Å². The summed E-state index contributed by atoms with van der Waals surface area (Å²) in [5, 5.41) is 0. The lowest BCUT2D eigenvalue weighted by Crippen LogP contribution is -2.14. The summed E-state index contributed by atoms with van der Waals surface area (Å²) in [6.45, 7) is 4.65. The highest BCUT2D eigenvalue weighted by atomic mass is 14.9. The molecule has 1 aliphatic carbocycles. The molecule has 1 aromatic heterocycles. The van der Waals surface area contributed by atoms with Crippen LogP contribution in [-0.4, -0.2) is 9.97 Å². The Kier molecular flexibility index (Phi) is 5.49. The minimum atomic E-state index is 0.0219. The number of rotatable bonds is 4. The quantitative estimate of drug-likeness (QED) is 0.241. The third kappa shape index (κ3) is 4.06. The number of aromatic nitrogens is 2. The van der Waals surface area contributed by atoms with Crippen molar-refractivity contribution < 1.29 is 0 Å². The first-order valence-electron chi connectivity index (χ1n) is 13.4. The van der Waals surface area contributed by atoms with Gasteiger partial charge in [0.05, 0.1) is 5.69 Å². The van der Waals surface area contributed by atoms with Crippen LogP contribution >= 0.6 is 0 Å². The van der Waals surface area contributed by atoms with E-state index in [1.807, 2.05) is 42.6 Å². The minimum absolute atomic E-state index is 0.0219. The van der Waals surface area contributed by atoms with Crippen molar-refractivity contribution in [1.82, 2.24) is 9.97 Å². The Labute approximate surface area is 229 Å². The predicted molar refractivity (Wildman–Crippen MR) is 161 cm³/mol. The van der Waals surface area contributed by atoms with Gasteiger partial charge in [-0.1, -0.05) is 117 Å². The second-order valence-corrected chi connectivity index (χ2v) is 10.7. The maximum absolute atomic E-state index is 4.87. The van der Waals surface area contributed by atoms with E-state index in [2.05, 4.69) is 110 Å². The fourth-order valence-corrected chi connectivity index (χ4v) is 5.88. The summed E-state index contributed by atoms with van der Waals surface area (Å²) in [5.74, 6) is 0.738. The van der Waals surface area contributed by atoms with Crippen molar-refractivity contribution in [2.45, 2.75) is 19.3 Å². The van der Waals surface area contributed by atoms with Crippen LogP contribution in [0.25, 0.3) is 56.0 Å². The van der Waals surface area contributed by atoms with E-state index in [9.17, 15) is 0 Å². The van der Waals surface area contributed by atoms with Gasteiger partial charge in [-0.05, 0) is 68.8 Å². The average molecular weight is 501 g/mol. The zero-order valence-corrected chi connectivity index (χ0v) is 22.1. The highest BCUT2D eigenvalue weighted by Crippen LogP contribution is 2.49. The zero-order chi connectivity index (χ0) is 26.4. The summed E-state index contributed by atoms with van der Waals surface area (Å²) in [6.07, 6.45) is 1.84. The Morgan fingerprint density at radius 3 is 1.82 bits per heavy atom. The van der Waals surface area contributed by atoms with E-state index in [0.717, 1.165) is 22.6 Å². The molecule has 0 saturated heterocycles. The van der Waals surface area contributed by atoms with E-state index in [-0.39, 0.29) is 5.41 Å². The van der Waals surface area contributed by atoms with Crippen molar-refractivity contribution in [3.05, 3.63) is 145 Å². The van der Waals surface area contributed by atoms with Crippen LogP contribution in [0.15, 0.2) is 134 Å². The monoisotopic (exact) mass is 500 g/mol. The van der Waals surface area contributed by atoms with E-state index in [1.54, 1.807) is 0 Å². The van der Waals surface area contributed by atoms with Crippen LogP contribution in [0.3, 0.4) is 0 Å². The van der Waals surface area contributed by atoms with Gasteiger partial charge in [0.1, 0.15) is 0 Å². The molecule has 0 aliphatic heterocycles. The zero-order valence-electron chi connectivity index (χ0n) is 22.1. The lowest BCUT2D eigenvalue weighted by molar-refractivity contribution is 0.660. The summed E-state index contributed by atoms with van der Waals surface area (Å²) < 4.78 is 0. The molecule has 1 aliphatic rings. The molecule has 0 spiro atoms. The Morgan fingerprint density at radius 1 is 0.462 bits per heavy atom. The molecule has 2 heteroatoms. The molecular weight excluding hydrogens is 472 g/mol. The van der Waals surface area contributed by atoms with Gasteiger partial charge in [0.25, 0.3) is 0 Å². The van der Waals surface area contributed by atoms with E-state index >= 15 is 0 Å². The Balaban J connectivity index is 1.25. The topological polar surface area (TPSA) is 25.8 Å². The molecule has 5 aromatic carbocycles. The molecule has 6 aromatic rings. The van der Waals surface area contributed by atoms with Gasteiger partial charge in [-0.25, -0.2) is 9.97 Å². The number of fused-ring (bicyclic) bond motifs is 3. The van der Waals surface area contributed by atoms with E-state index in [0.29, 0.717) is 0 Å². The third-order valence-electron chi connectivity index (χ3n) is 7.96. The molecule has 1 heterocycles. The summed E-state index contributed by atoms with van der Waals surface area (Å²) >= 11 is 0. The van der Waals surface area contributed by atoms with E-state index in [4.69, 9.17) is 4.98 Å². The highest BCUT2D eigenvalue weighted by Gasteiger charge is 2.35.